The van der Waals surface area contributed by atoms with E-state index < -0.39 is 116 Å². The van der Waals surface area contributed by atoms with Crippen molar-refractivity contribution >= 4 is 160 Å². The normalized spacial score (nSPS) is 16.8. The summed E-state index contributed by atoms with van der Waals surface area (Å²) in [5, 5.41) is 51.9. The number of halogens is 1. The SMILES string of the molecule is CC(C)(C)OC(=O)N1CCN(c2ncc(C(C)(C)O)cn2)[C@@H](CN(c2ccccc2)S(C)(=O)=O)C1.CC(C)(O)c1cnc(N2CCN(S(=O)(=O)c3ccc(N)s3)C[C@@H]2CN(c2ccccc2)S(C)(=O)=O)nc1.CC(C)(O)c1cnc(N2CCN(S(=O)(=O)c3ccc([N+](=O)[O-])s3)C[C@@H]2CN(c2ccccc2)S(C)(=O)=O)nc1.O=[N+]([O-])c1ccc(S(=O)(=O)Cl)s1. The molecule has 6 aromatic heterocycles. The number of nitrogens with zero attached hydrogens (tertiary/aromatic N) is 17. The van der Waals surface area contributed by atoms with Gasteiger partial charge in [-0.25, -0.2) is 85.2 Å². The second-order valence-corrected chi connectivity index (χ2v) is 47.0. The highest BCUT2D eigenvalue weighted by molar-refractivity contribution is 8.15. The summed E-state index contributed by atoms with van der Waals surface area (Å²) in [6.07, 6.45) is 12.0. The zero-order valence-electron chi connectivity index (χ0n) is 68.7. The number of para-hydroxylation sites is 3. The molecule has 0 spiro atoms. The predicted octanol–water partition coefficient (Wildman–Crippen LogP) is 7.89. The van der Waals surface area contributed by atoms with Gasteiger partial charge in [-0.2, -0.15) is 8.61 Å². The molecule has 1 amide bonds. The van der Waals surface area contributed by atoms with Crippen LogP contribution >= 0.6 is 44.7 Å². The fourth-order valence-corrected chi connectivity index (χ4v) is 22.7. The second-order valence-electron chi connectivity index (χ2n) is 30.9. The lowest BCUT2D eigenvalue weighted by molar-refractivity contribution is -0.380. The lowest BCUT2D eigenvalue weighted by atomic mass is 10.0. The van der Waals surface area contributed by atoms with E-state index in [1.165, 1.54) is 58.4 Å². The van der Waals surface area contributed by atoms with Gasteiger partial charge in [0, 0.05) is 136 Å². The van der Waals surface area contributed by atoms with Crippen molar-refractivity contribution in [3.63, 3.8) is 0 Å². The van der Waals surface area contributed by atoms with E-state index in [-0.39, 0.29) is 94.0 Å². The fraction of sp³-hybridized carbons (Fsp3) is 0.419. The lowest BCUT2D eigenvalue weighted by Crippen LogP contribution is -2.60. The van der Waals surface area contributed by atoms with Crippen LogP contribution in [0, 0.1) is 20.2 Å². The number of nitro groups is 2. The van der Waals surface area contributed by atoms with Crippen LogP contribution in [0.25, 0.3) is 0 Å². The van der Waals surface area contributed by atoms with Crippen LogP contribution in [0.4, 0.5) is 54.7 Å². The maximum Gasteiger partial charge on any atom is 0.410 e. The number of anilines is 7. The highest BCUT2D eigenvalue weighted by Gasteiger charge is 2.43. The van der Waals surface area contributed by atoms with Gasteiger partial charge in [0.25, 0.3) is 29.1 Å². The summed E-state index contributed by atoms with van der Waals surface area (Å²) >= 11 is 2.08. The largest absolute Gasteiger partial charge is 0.444 e. The first-order valence-electron chi connectivity index (χ1n) is 37.3. The molecular formula is C74H95ClN18O21S9. The summed E-state index contributed by atoms with van der Waals surface area (Å²) in [6.45, 7) is 16.5. The van der Waals surface area contributed by atoms with Crippen molar-refractivity contribution in [3.8, 4) is 0 Å². The molecule has 3 aliphatic heterocycles. The minimum atomic E-state index is -4.10. The standard InChI is InChI=1S/C24H35N5O5S.C23H28N6O7S3.C23H30N6O5S3.C4H2ClNO4S2/c1-23(2,3)34-22(30)27-12-13-28(21-25-14-18(15-26-21)24(4,5)31)20(16-27)17-29(35(6,32)33)19-10-8-7-9-11-19;1-23(2,30)17-13-24-22(25-14-17)27-12-11-26(39(35,36)21-10-9-20(37-21)29(31)32)15-19(27)16-28(38(3,33)34)18-7-5-4-6-8-18;1-23(2,30)17-13-25-22(26-14-17)28-12-11-27(37(33,34)21-10-9-20(24)35-21)15-19(28)16-29(36(3,31)32)18-7-5-4-6-8-18;5-12(9,10)4-2-1-3(11-4)6(7)8/h7-11,14-15,20,31H,12-13,16-17H2,1-6H3;4-10,13-14,19,30H,11-12,15-16H2,1-3H3;4-10,13-14,19,30H,11-12,15-16,24H2,1-3H3;1-2H/t20-;2*19-;/m111./s1. The van der Waals surface area contributed by atoms with Crippen LogP contribution < -0.4 is 33.3 Å². The van der Waals surface area contributed by atoms with Crippen LogP contribution in [0.3, 0.4) is 0 Å². The average molecular weight is 1900 g/mol. The Hall–Kier alpha value is -9.54. The number of carbonyl (C=O) groups is 1. The number of hydrogen-bond donors (Lipinski definition) is 4. The number of piperazine rings is 3. The molecule has 49 heteroatoms. The Morgan fingerprint density at radius 1 is 0.455 bits per heavy atom. The molecule has 9 aromatic rings. The monoisotopic (exact) mass is 1890 g/mol. The number of rotatable bonds is 25. The van der Waals surface area contributed by atoms with Crippen molar-refractivity contribution in [2.24, 2.45) is 0 Å². The number of sulfonamides is 5. The summed E-state index contributed by atoms with van der Waals surface area (Å²) in [5.41, 5.74) is 4.69. The van der Waals surface area contributed by atoms with Gasteiger partial charge in [-0.15, -0.1) is 11.3 Å². The molecule has 3 atom stereocenters. The van der Waals surface area contributed by atoms with E-state index in [9.17, 15) is 90.8 Å². The highest BCUT2D eigenvalue weighted by Crippen LogP contribution is 2.36. The number of carbonyl (C=O) groups excluding carboxylic acids is 1. The molecule has 12 rings (SSSR count). The van der Waals surface area contributed by atoms with E-state index in [1.54, 1.807) is 176 Å². The molecule has 3 fully saturated rings. The van der Waals surface area contributed by atoms with Gasteiger partial charge in [0.2, 0.25) is 47.9 Å². The maximum absolute atomic E-state index is 13.4. The minimum Gasteiger partial charge on any atom is -0.444 e. The number of thiophene rings is 3. The number of aromatic nitrogens is 6. The Morgan fingerprint density at radius 3 is 1.02 bits per heavy atom. The van der Waals surface area contributed by atoms with Crippen molar-refractivity contribution in [1.82, 2.24) is 43.4 Å². The number of aliphatic hydroxyl groups is 3. The van der Waals surface area contributed by atoms with E-state index in [0.29, 0.717) is 86.4 Å². The van der Waals surface area contributed by atoms with E-state index in [0.717, 1.165) is 48.3 Å². The summed E-state index contributed by atoms with van der Waals surface area (Å²) in [7, 11) is -17.9. The minimum absolute atomic E-state index is 0.00952. The molecule has 0 unspecified atom stereocenters. The van der Waals surface area contributed by atoms with Gasteiger partial charge in [-0.3, -0.25) is 33.1 Å². The molecule has 3 saturated heterocycles. The summed E-state index contributed by atoms with van der Waals surface area (Å²) in [6, 6.07) is 31.7. The number of nitrogens with two attached hydrogens (primary N) is 1. The van der Waals surface area contributed by atoms with E-state index in [1.807, 2.05) is 15.9 Å². The maximum atomic E-state index is 13.4. The van der Waals surface area contributed by atoms with Gasteiger partial charge in [-0.1, -0.05) is 54.6 Å². The second kappa shape index (κ2) is 38.9. The fourth-order valence-electron chi connectivity index (χ4n) is 12.5. The van der Waals surface area contributed by atoms with Gasteiger partial charge >= 0.3 is 16.1 Å². The summed E-state index contributed by atoms with van der Waals surface area (Å²) in [5.74, 6) is 0.962. The van der Waals surface area contributed by atoms with Crippen LogP contribution in [-0.4, -0.2) is 246 Å². The molecule has 123 heavy (non-hydrogen) atoms. The van der Waals surface area contributed by atoms with E-state index in [2.05, 4.69) is 29.9 Å². The average Bonchev–Trinajstić information content (AvgIpc) is 1.48. The van der Waals surface area contributed by atoms with Gasteiger partial charge in [-0.05, 0) is 146 Å². The van der Waals surface area contributed by atoms with Crippen LogP contribution in [-0.2, 0) is 80.7 Å². The Kier molecular flexibility index (Phi) is 30.8. The lowest BCUT2D eigenvalue weighted by Gasteiger charge is -2.43. The first-order chi connectivity index (χ1) is 57.0. The topological polar surface area (TPSA) is 511 Å². The Morgan fingerprint density at radius 2 is 0.748 bits per heavy atom. The first-order valence-corrected chi connectivity index (χ1v) is 50.5. The van der Waals surface area contributed by atoms with Gasteiger partial charge in [0.05, 0.1) is 105 Å². The van der Waals surface area contributed by atoms with Crippen LogP contribution in [0.5, 0.6) is 0 Å². The van der Waals surface area contributed by atoms with Crippen molar-refractivity contribution in [2.75, 3.05) is 131 Å². The van der Waals surface area contributed by atoms with Crippen molar-refractivity contribution in [2.45, 2.75) is 115 Å². The molecule has 0 radical (unpaired) electrons. The van der Waals surface area contributed by atoms with Crippen molar-refractivity contribution in [3.05, 3.63) is 201 Å². The van der Waals surface area contributed by atoms with Crippen LogP contribution in [0.15, 0.2) is 177 Å². The molecule has 3 aromatic carbocycles. The molecule has 39 nitrogen and oxygen atoms in total. The molecule has 668 valence electrons. The van der Waals surface area contributed by atoms with E-state index in [4.69, 9.17) is 21.2 Å². The smallest absolute Gasteiger partial charge is 0.410 e. The summed E-state index contributed by atoms with van der Waals surface area (Å²) in [4.78, 5) is 66.2. The Balaban J connectivity index is 0.000000196. The number of hydrogen-bond acceptors (Lipinski definition) is 34. The van der Waals surface area contributed by atoms with Crippen LogP contribution in [0.1, 0.15) is 79.0 Å². The molecule has 3 aliphatic rings. The third-order valence-corrected chi connectivity index (χ3v) is 32.0. The quantitative estimate of drug-likeness (QED) is 0.0240. The van der Waals surface area contributed by atoms with Gasteiger partial charge < -0.3 is 45.4 Å². The van der Waals surface area contributed by atoms with Crippen LogP contribution in [0.2, 0.25) is 0 Å². The molecular weight excluding hydrogens is 1800 g/mol. The first kappa shape index (κ1) is 97.3. The molecule has 5 N–H and O–H groups in total. The summed E-state index contributed by atoms with van der Waals surface area (Å²) < 4.78 is 163. The predicted molar refractivity (Wildman–Crippen MR) is 470 cm³/mol. The van der Waals surface area contributed by atoms with Gasteiger partial charge in [0.1, 0.15) is 18.2 Å². The number of amides is 1. The zero-order chi connectivity index (χ0) is 91.0. The number of benzene rings is 3. The molecule has 0 saturated carbocycles. The molecule has 9 heterocycles. The Bertz CT molecular complexity index is 5880. The number of ether oxygens (including phenoxy) is 1. The van der Waals surface area contributed by atoms with E-state index >= 15 is 0 Å². The van der Waals surface area contributed by atoms with Gasteiger partial charge in [0.15, 0.2) is 0 Å². The molecule has 0 aliphatic carbocycles. The van der Waals surface area contributed by atoms with Crippen molar-refractivity contribution < 1.29 is 85.2 Å². The Labute approximate surface area is 730 Å². The van der Waals surface area contributed by atoms with Crippen molar-refractivity contribution in [1.29, 1.82) is 0 Å². The third kappa shape index (κ3) is 26.1. The zero-order valence-corrected chi connectivity index (χ0v) is 76.8. The molecule has 0 bridgehead atoms. The third-order valence-electron chi connectivity index (χ3n) is 18.8. The number of nitrogen functional groups attached to an aromatic ring is 1. The highest BCUT2D eigenvalue weighted by atomic mass is 35.7.